The summed E-state index contributed by atoms with van der Waals surface area (Å²) in [4.78, 5) is 16.7. The van der Waals surface area contributed by atoms with E-state index in [1.165, 1.54) is 17.8 Å². The van der Waals surface area contributed by atoms with E-state index in [1.807, 2.05) is 20.8 Å². The minimum atomic E-state index is -0.100. The molecule has 6 heteroatoms. The van der Waals surface area contributed by atoms with Gasteiger partial charge in [-0.1, -0.05) is 11.3 Å². The first-order valence-electron chi connectivity index (χ1n) is 6.20. The Morgan fingerprint density at radius 1 is 1.44 bits per heavy atom. The third kappa shape index (κ3) is 3.13. The van der Waals surface area contributed by atoms with Crippen molar-refractivity contribution in [3.8, 4) is 0 Å². The van der Waals surface area contributed by atoms with Gasteiger partial charge in [0.05, 0.1) is 0 Å². The van der Waals surface area contributed by atoms with Gasteiger partial charge in [0.15, 0.2) is 5.13 Å². The zero-order valence-electron chi connectivity index (χ0n) is 11.0. The summed E-state index contributed by atoms with van der Waals surface area (Å²) in [6, 6.07) is 0.318. The standard InChI is InChI=1S/C12H20N4OS/c1-12(2,3)16-11-15-9(13)8(18-11)10(17)14-7-5-4-6-7/h7H,4-6,13H2,1-3H3,(H,14,17)(H,15,16). The summed E-state index contributed by atoms with van der Waals surface area (Å²) in [7, 11) is 0. The molecule has 0 unspecified atom stereocenters. The number of carbonyl (C=O) groups excluding carboxylic acids is 1. The molecule has 0 atom stereocenters. The highest BCUT2D eigenvalue weighted by atomic mass is 32.1. The molecule has 1 saturated carbocycles. The lowest BCUT2D eigenvalue weighted by Gasteiger charge is -2.26. The van der Waals surface area contributed by atoms with Gasteiger partial charge in [0.1, 0.15) is 10.7 Å². The van der Waals surface area contributed by atoms with Crippen LogP contribution in [-0.2, 0) is 0 Å². The molecule has 100 valence electrons. The lowest BCUT2D eigenvalue weighted by molar-refractivity contribution is 0.0922. The van der Waals surface area contributed by atoms with E-state index in [2.05, 4.69) is 15.6 Å². The van der Waals surface area contributed by atoms with Crippen molar-refractivity contribution in [1.82, 2.24) is 10.3 Å². The summed E-state index contributed by atoms with van der Waals surface area (Å²) in [5.41, 5.74) is 5.70. The minimum absolute atomic E-state index is 0.0913. The molecule has 1 aromatic rings. The molecule has 0 spiro atoms. The fourth-order valence-corrected chi connectivity index (χ4v) is 2.67. The van der Waals surface area contributed by atoms with Crippen molar-refractivity contribution in [1.29, 1.82) is 0 Å². The van der Waals surface area contributed by atoms with E-state index in [-0.39, 0.29) is 11.4 Å². The van der Waals surface area contributed by atoms with Gasteiger partial charge in [-0.05, 0) is 40.0 Å². The van der Waals surface area contributed by atoms with E-state index in [1.54, 1.807) is 0 Å². The van der Waals surface area contributed by atoms with Crippen molar-refractivity contribution in [2.24, 2.45) is 0 Å². The van der Waals surface area contributed by atoms with E-state index in [4.69, 9.17) is 5.73 Å². The highest BCUT2D eigenvalue weighted by Crippen LogP contribution is 2.28. The van der Waals surface area contributed by atoms with Crippen LogP contribution in [-0.4, -0.2) is 22.5 Å². The number of aromatic nitrogens is 1. The number of thiazole rings is 1. The molecular weight excluding hydrogens is 248 g/mol. The van der Waals surface area contributed by atoms with E-state index in [0.717, 1.165) is 12.8 Å². The van der Waals surface area contributed by atoms with Crippen LogP contribution in [0.2, 0.25) is 0 Å². The van der Waals surface area contributed by atoms with Gasteiger partial charge in [-0.15, -0.1) is 0 Å². The van der Waals surface area contributed by atoms with E-state index in [0.29, 0.717) is 21.9 Å². The van der Waals surface area contributed by atoms with Crippen LogP contribution in [0.3, 0.4) is 0 Å². The first-order valence-corrected chi connectivity index (χ1v) is 7.02. The van der Waals surface area contributed by atoms with Crippen molar-refractivity contribution in [2.45, 2.75) is 51.6 Å². The largest absolute Gasteiger partial charge is 0.382 e. The number of hydrogen-bond donors (Lipinski definition) is 3. The zero-order chi connectivity index (χ0) is 13.3. The van der Waals surface area contributed by atoms with Crippen molar-refractivity contribution < 1.29 is 4.79 Å². The average Bonchev–Trinajstić information content (AvgIpc) is 2.50. The number of nitrogens with two attached hydrogens (primary N) is 1. The second-order valence-electron chi connectivity index (χ2n) is 5.71. The van der Waals surface area contributed by atoms with E-state index < -0.39 is 0 Å². The number of nitrogens with one attached hydrogen (secondary N) is 2. The molecule has 5 nitrogen and oxygen atoms in total. The van der Waals surface area contributed by atoms with Gasteiger partial charge in [0.2, 0.25) is 0 Å². The SMILES string of the molecule is CC(C)(C)Nc1nc(N)c(C(=O)NC2CCC2)s1. The van der Waals surface area contributed by atoms with Crippen molar-refractivity contribution in [3.05, 3.63) is 4.88 Å². The Morgan fingerprint density at radius 3 is 2.61 bits per heavy atom. The molecule has 4 N–H and O–H groups in total. The molecular formula is C12H20N4OS. The molecule has 0 aliphatic heterocycles. The van der Waals surface area contributed by atoms with Crippen LogP contribution in [0, 0.1) is 0 Å². The normalized spacial score (nSPS) is 16.2. The Bertz CT molecular complexity index is 445. The maximum Gasteiger partial charge on any atom is 0.265 e. The fraction of sp³-hybridized carbons (Fsp3) is 0.667. The Hall–Kier alpha value is -1.30. The number of anilines is 2. The lowest BCUT2D eigenvalue weighted by atomic mass is 9.93. The Kier molecular flexibility index (Phi) is 3.47. The molecule has 1 heterocycles. The number of hydrogen-bond acceptors (Lipinski definition) is 5. The third-order valence-electron chi connectivity index (χ3n) is 2.78. The summed E-state index contributed by atoms with van der Waals surface area (Å²) in [5.74, 6) is 0.209. The van der Waals surface area contributed by atoms with Crippen molar-refractivity contribution in [2.75, 3.05) is 11.1 Å². The zero-order valence-corrected chi connectivity index (χ0v) is 11.9. The smallest absolute Gasteiger partial charge is 0.265 e. The first kappa shape index (κ1) is 13.1. The van der Waals surface area contributed by atoms with Crippen LogP contribution in [0.25, 0.3) is 0 Å². The van der Waals surface area contributed by atoms with Crippen LogP contribution in [0.4, 0.5) is 10.9 Å². The molecule has 1 amide bonds. The molecule has 2 rings (SSSR count). The molecule has 18 heavy (non-hydrogen) atoms. The van der Waals surface area contributed by atoms with Gasteiger partial charge in [-0.25, -0.2) is 4.98 Å². The molecule has 1 aromatic heterocycles. The Morgan fingerprint density at radius 2 is 2.11 bits per heavy atom. The van der Waals surface area contributed by atoms with Crippen LogP contribution < -0.4 is 16.4 Å². The van der Waals surface area contributed by atoms with Crippen molar-refractivity contribution >= 4 is 28.2 Å². The van der Waals surface area contributed by atoms with Gasteiger partial charge in [0, 0.05) is 11.6 Å². The van der Waals surface area contributed by atoms with Gasteiger partial charge in [-0.2, -0.15) is 0 Å². The Labute approximate surface area is 111 Å². The lowest BCUT2D eigenvalue weighted by Crippen LogP contribution is -2.39. The minimum Gasteiger partial charge on any atom is -0.382 e. The predicted octanol–water partition coefficient (Wildman–Crippen LogP) is 2.22. The third-order valence-corrected chi connectivity index (χ3v) is 3.77. The summed E-state index contributed by atoms with van der Waals surface area (Å²) >= 11 is 1.31. The molecule has 1 aliphatic carbocycles. The monoisotopic (exact) mass is 268 g/mol. The molecule has 1 fully saturated rings. The molecule has 1 aliphatic rings. The van der Waals surface area contributed by atoms with Crippen LogP contribution in [0.15, 0.2) is 0 Å². The number of carbonyl (C=O) groups is 1. The molecule has 0 radical (unpaired) electrons. The molecule has 0 bridgehead atoms. The maximum absolute atomic E-state index is 12.0. The van der Waals surface area contributed by atoms with Crippen LogP contribution in [0.1, 0.15) is 49.7 Å². The fourth-order valence-electron chi connectivity index (χ4n) is 1.67. The predicted molar refractivity (Wildman–Crippen MR) is 75.0 cm³/mol. The summed E-state index contributed by atoms with van der Waals surface area (Å²) in [6.07, 6.45) is 3.33. The quantitative estimate of drug-likeness (QED) is 0.785. The van der Waals surface area contributed by atoms with Crippen molar-refractivity contribution in [3.63, 3.8) is 0 Å². The molecule has 0 saturated heterocycles. The summed E-state index contributed by atoms with van der Waals surface area (Å²) in [6.45, 7) is 6.12. The number of nitrogen functional groups attached to an aromatic ring is 1. The second-order valence-corrected chi connectivity index (χ2v) is 6.71. The average molecular weight is 268 g/mol. The molecule has 0 aromatic carbocycles. The van der Waals surface area contributed by atoms with Gasteiger partial charge in [-0.3, -0.25) is 4.79 Å². The Balaban J connectivity index is 2.05. The van der Waals surface area contributed by atoms with Gasteiger partial charge in [0.25, 0.3) is 5.91 Å². The highest BCUT2D eigenvalue weighted by Gasteiger charge is 2.24. The number of amides is 1. The van der Waals surface area contributed by atoms with Crippen LogP contribution >= 0.6 is 11.3 Å². The summed E-state index contributed by atoms with van der Waals surface area (Å²) < 4.78 is 0. The second kappa shape index (κ2) is 4.76. The number of nitrogens with zero attached hydrogens (tertiary/aromatic N) is 1. The summed E-state index contributed by atoms with van der Waals surface area (Å²) in [5, 5.41) is 6.89. The van der Waals surface area contributed by atoms with Crippen LogP contribution in [0.5, 0.6) is 0 Å². The first-order chi connectivity index (χ1) is 8.35. The van der Waals surface area contributed by atoms with Gasteiger partial charge >= 0.3 is 0 Å². The van der Waals surface area contributed by atoms with E-state index in [9.17, 15) is 4.79 Å². The number of rotatable bonds is 3. The topological polar surface area (TPSA) is 80.0 Å². The highest BCUT2D eigenvalue weighted by molar-refractivity contribution is 7.18. The van der Waals surface area contributed by atoms with E-state index >= 15 is 0 Å². The maximum atomic E-state index is 12.0. The van der Waals surface area contributed by atoms with Gasteiger partial charge < -0.3 is 16.4 Å².